The van der Waals surface area contributed by atoms with Gasteiger partial charge in [-0.15, -0.1) is 0 Å². The second-order valence-corrected chi connectivity index (χ2v) is 20.5. The Balaban J connectivity index is 2.99. The van der Waals surface area contributed by atoms with Gasteiger partial charge in [0.25, 0.3) is 0 Å². The zero-order chi connectivity index (χ0) is 14.3. The molecule has 0 aliphatic heterocycles. The molecule has 1 atom stereocenters. The van der Waals surface area contributed by atoms with E-state index in [9.17, 15) is 0 Å². The van der Waals surface area contributed by atoms with Gasteiger partial charge < -0.3 is 0 Å². The fraction of sp³-hybridized carbons (Fsp3) is 0.538. The molecule has 0 saturated carbocycles. The average molecular weight is 380 g/mol. The molecule has 0 fully saturated rings. The Morgan fingerprint density at radius 2 is 1.74 bits per heavy atom. The number of methoxy groups -OCH3 is 1. The van der Waals surface area contributed by atoms with Crippen LogP contribution in [0.1, 0.15) is 20.8 Å². The first-order valence-electron chi connectivity index (χ1n) is 6.43. The first kappa shape index (κ1) is 17.6. The third-order valence-corrected chi connectivity index (χ3v) is 25.0. The van der Waals surface area contributed by atoms with E-state index in [0.717, 1.165) is 11.1 Å². The Labute approximate surface area is 129 Å². The molecule has 0 aliphatic carbocycles. The summed E-state index contributed by atoms with van der Waals surface area (Å²) in [7, 11) is 3.67. The number of hydrogen-bond acceptors (Lipinski definition) is 4. The molecule has 1 aromatic carbocycles. The van der Waals surface area contributed by atoms with Gasteiger partial charge in [0.1, 0.15) is 0 Å². The maximum atomic E-state index is 6.01. The summed E-state index contributed by atoms with van der Waals surface area (Å²) >= 11 is 5.00. The van der Waals surface area contributed by atoms with Crippen LogP contribution in [-0.4, -0.2) is 27.2 Å². The Bertz CT molecular complexity index is 421. The second-order valence-electron chi connectivity index (χ2n) is 3.81. The second kappa shape index (κ2) is 8.74. The van der Waals surface area contributed by atoms with Crippen LogP contribution in [0.2, 0.25) is 10.4 Å². The normalized spacial score (nSPS) is 14.4. The van der Waals surface area contributed by atoms with Gasteiger partial charge in [-0.2, -0.15) is 0 Å². The zero-order valence-electron chi connectivity index (χ0n) is 12.0. The maximum absolute atomic E-state index is 6.01. The van der Waals surface area contributed by atoms with Crippen LogP contribution < -0.4 is 10.0 Å². The van der Waals surface area contributed by atoms with Gasteiger partial charge in [0.05, 0.1) is 0 Å². The number of ether oxygens (including phenoxy) is 1. The van der Waals surface area contributed by atoms with Crippen LogP contribution in [-0.2, 0) is 16.3 Å². The summed E-state index contributed by atoms with van der Waals surface area (Å²) in [6, 6.07) is 8.09. The first-order valence-corrected chi connectivity index (χ1v) is 15.5. The third-order valence-electron chi connectivity index (χ3n) is 2.62. The third kappa shape index (κ3) is 5.10. The average Bonchev–Trinajstić information content (AvgIpc) is 2.45. The molecule has 0 saturated heterocycles. The van der Waals surface area contributed by atoms with Crippen LogP contribution >= 0.6 is 15.1 Å². The number of benzene rings is 1. The van der Waals surface area contributed by atoms with E-state index in [-0.39, 0.29) is 0 Å². The van der Waals surface area contributed by atoms with Crippen molar-refractivity contribution in [1.82, 2.24) is 0 Å². The van der Waals surface area contributed by atoms with Gasteiger partial charge in [0, 0.05) is 0 Å². The van der Waals surface area contributed by atoms with Crippen LogP contribution in [0.5, 0.6) is 5.75 Å². The predicted octanol–water partition coefficient (Wildman–Crippen LogP) is 4.43. The van der Waals surface area contributed by atoms with E-state index >= 15 is 0 Å². The van der Waals surface area contributed by atoms with Crippen molar-refractivity contribution in [1.29, 1.82) is 0 Å². The van der Waals surface area contributed by atoms with Gasteiger partial charge in [-0.1, -0.05) is 0 Å². The topological polar surface area (TPSA) is 18.5 Å². The fourth-order valence-corrected chi connectivity index (χ4v) is 24.8. The van der Waals surface area contributed by atoms with E-state index < -0.39 is 19.0 Å². The monoisotopic (exact) mass is 380 g/mol. The van der Waals surface area contributed by atoms with Gasteiger partial charge in [0.2, 0.25) is 0 Å². The molecule has 1 aromatic rings. The standard InChI is InChI=1S/C13H22AsO2PS2/c1-5-14(6-2)19-17(18,16-7-3)13-10-8-12(15-4)9-11-13/h8-11H,5-7H2,1-4H3. The van der Waals surface area contributed by atoms with E-state index in [1.165, 1.54) is 10.4 Å². The van der Waals surface area contributed by atoms with Crippen molar-refractivity contribution in [3.05, 3.63) is 24.3 Å². The minimum atomic E-state index is -1.93. The van der Waals surface area contributed by atoms with Crippen LogP contribution in [0, 0.1) is 0 Å². The van der Waals surface area contributed by atoms with Crippen LogP contribution in [0.25, 0.3) is 0 Å². The van der Waals surface area contributed by atoms with Crippen molar-refractivity contribution >= 4 is 45.7 Å². The Hall–Kier alpha value is 0.538. The molecule has 1 unspecified atom stereocenters. The van der Waals surface area contributed by atoms with E-state index in [4.69, 9.17) is 21.1 Å². The van der Waals surface area contributed by atoms with Crippen molar-refractivity contribution < 1.29 is 9.26 Å². The van der Waals surface area contributed by atoms with Gasteiger partial charge in [0.15, 0.2) is 0 Å². The summed E-state index contributed by atoms with van der Waals surface area (Å²) in [6.45, 7) is 7.26. The van der Waals surface area contributed by atoms with Gasteiger partial charge in [-0.05, 0) is 0 Å². The summed E-state index contributed by atoms with van der Waals surface area (Å²) in [5.74, 6) is 0.868. The van der Waals surface area contributed by atoms with E-state index in [0.29, 0.717) is 6.61 Å². The molecule has 6 heteroatoms. The molecule has 0 heterocycles. The molecule has 0 spiro atoms. The van der Waals surface area contributed by atoms with Crippen molar-refractivity contribution in [3.8, 4) is 5.75 Å². The molecule has 0 aliphatic rings. The van der Waals surface area contributed by atoms with Crippen molar-refractivity contribution in [2.45, 2.75) is 31.2 Å². The van der Waals surface area contributed by atoms with Crippen LogP contribution in [0.4, 0.5) is 0 Å². The SMILES string of the molecule is CCOP(=S)(S[As](CC)CC)c1ccc(OC)cc1. The van der Waals surface area contributed by atoms with Gasteiger partial charge >= 0.3 is 130 Å². The Morgan fingerprint density at radius 1 is 1.16 bits per heavy atom. The summed E-state index contributed by atoms with van der Waals surface area (Å²) in [5.41, 5.74) is -1.93. The minimum absolute atomic E-state index is 0.686. The van der Waals surface area contributed by atoms with E-state index in [1.807, 2.05) is 28.7 Å². The fourth-order valence-electron chi connectivity index (χ4n) is 1.57. The van der Waals surface area contributed by atoms with Crippen LogP contribution in [0.3, 0.4) is 0 Å². The number of hydrogen-bond donors (Lipinski definition) is 0. The first-order chi connectivity index (χ1) is 9.09. The Morgan fingerprint density at radius 3 is 2.16 bits per heavy atom. The zero-order valence-corrected chi connectivity index (χ0v) is 16.4. The van der Waals surface area contributed by atoms with E-state index in [2.05, 4.69) is 26.0 Å². The molecule has 19 heavy (non-hydrogen) atoms. The van der Waals surface area contributed by atoms with Gasteiger partial charge in [-0.25, -0.2) is 0 Å². The summed E-state index contributed by atoms with van der Waals surface area (Å²) in [6.07, 6.45) is 0. The summed E-state index contributed by atoms with van der Waals surface area (Å²) in [4.78, 5) is 0. The summed E-state index contributed by atoms with van der Waals surface area (Å²) in [5, 5.41) is 3.71. The summed E-state index contributed by atoms with van der Waals surface area (Å²) < 4.78 is 11.2. The molecule has 0 aromatic heterocycles. The molecule has 0 amide bonds. The molecular weight excluding hydrogens is 358 g/mol. The number of rotatable bonds is 8. The molecule has 0 N–H and O–H groups in total. The van der Waals surface area contributed by atoms with Crippen molar-refractivity contribution in [2.24, 2.45) is 0 Å². The van der Waals surface area contributed by atoms with Crippen LogP contribution in [0.15, 0.2) is 24.3 Å². The molecule has 1 rings (SSSR count). The van der Waals surface area contributed by atoms with E-state index in [1.54, 1.807) is 7.11 Å². The molecule has 2 nitrogen and oxygen atoms in total. The quantitative estimate of drug-likeness (QED) is 0.490. The molecule has 0 radical (unpaired) electrons. The van der Waals surface area contributed by atoms with Gasteiger partial charge in [-0.3, -0.25) is 0 Å². The van der Waals surface area contributed by atoms with Crippen molar-refractivity contribution in [3.63, 3.8) is 0 Å². The molecule has 0 bridgehead atoms. The molecular formula is C13H22AsO2PS2. The predicted molar refractivity (Wildman–Crippen MR) is 92.8 cm³/mol. The Kier molecular flexibility index (Phi) is 8.09. The van der Waals surface area contributed by atoms with Crippen molar-refractivity contribution in [2.75, 3.05) is 13.7 Å². The molecule has 108 valence electrons.